The van der Waals surface area contributed by atoms with Gasteiger partial charge in [0.2, 0.25) is 0 Å². The minimum Gasteiger partial charge on any atom is -0.161 e. The van der Waals surface area contributed by atoms with Gasteiger partial charge in [0.1, 0.15) is 0 Å². The minimum absolute atomic E-state index is 1.01. The fourth-order valence-electron chi connectivity index (χ4n) is 0.660. The lowest BCUT2D eigenvalue weighted by atomic mass is 10.9. The van der Waals surface area contributed by atoms with Crippen LogP contribution in [0, 0.1) is 13.2 Å². The molecule has 0 N–H and O–H groups in total. The van der Waals surface area contributed by atoms with Crippen LogP contribution >= 0.6 is 47.0 Å². The second-order valence-electron chi connectivity index (χ2n) is 2.25. The Morgan fingerprint density at radius 2 is 1.15 bits per heavy atom. The Balaban J connectivity index is 2.76. The molecule has 0 rings (SSSR count). The van der Waals surface area contributed by atoms with E-state index in [4.69, 9.17) is 0 Å². The van der Waals surface area contributed by atoms with E-state index in [1.807, 2.05) is 23.5 Å². The Bertz CT molecular complexity index is 77.7. The van der Waals surface area contributed by atoms with Crippen molar-refractivity contribution in [3.63, 3.8) is 0 Å². The molecule has 78 valence electrons. The van der Waals surface area contributed by atoms with Crippen LogP contribution < -0.4 is 0 Å². The number of hydrogen-bond acceptors (Lipinski definition) is 4. The first-order valence-electron chi connectivity index (χ1n) is 4.31. The third-order valence-electron chi connectivity index (χ3n) is 1.26. The van der Waals surface area contributed by atoms with Gasteiger partial charge >= 0.3 is 0 Å². The van der Waals surface area contributed by atoms with E-state index in [1.54, 1.807) is 11.8 Å². The molecular formula is C9H18S4. The topological polar surface area (TPSA) is 0 Å². The van der Waals surface area contributed by atoms with Crippen LogP contribution in [0.4, 0.5) is 0 Å². The first-order valence-corrected chi connectivity index (χ1v) is 8.93. The van der Waals surface area contributed by atoms with Gasteiger partial charge in [-0.2, -0.15) is 47.0 Å². The van der Waals surface area contributed by atoms with Gasteiger partial charge in [-0.25, -0.2) is 0 Å². The maximum Gasteiger partial charge on any atom is 0.00238 e. The summed E-state index contributed by atoms with van der Waals surface area (Å²) in [6, 6.07) is 0. The van der Waals surface area contributed by atoms with Crippen LogP contribution in [-0.4, -0.2) is 40.3 Å². The largest absolute Gasteiger partial charge is 0.161 e. The molecule has 0 unspecified atom stereocenters. The summed E-state index contributed by atoms with van der Waals surface area (Å²) in [5.74, 6) is 8.58. The lowest BCUT2D eigenvalue weighted by Gasteiger charge is -2.00. The van der Waals surface area contributed by atoms with E-state index in [0.717, 1.165) is 5.75 Å². The van der Waals surface area contributed by atoms with Gasteiger partial charge in [-0.05, 0) is 12.7 Å². The molecule has 0 bridgehead atoms. The van der Waals surface area contributed by atoms with Crippen molar-refractivity contribution in [3.8, 4) is 0 Å². The summed E-state index contributed by atoms with van der Waals surface area (Å²) in [4.78, 5) is 0. The Labute approximate surface area is 100 Å². The molecule has 0 heterocycles. The second kappa shape index (κ2) is 13.4. The summed E-state index contributed by atoms with van der Waals surface area (Å²) < 4.78 is 0. The van der Waals surface area contributed by atoms with Crippen molar-refractivity contribution in [3.05, 3.63) is 13.2 Å². The monoisotopic (exact) mass is 254 g/mol. The van der Waals surface area contributed by atoms with E-state index in [2.05, 4.69) is 24.9 Å². The maximum atomic E-state index is 3.79. The standard InChI is InChI=1S/C9H18S4/c1-3-11-6-7-13-9-8-12-5-4-10-2/h1-9H2. The van der Waals surface area contributed by atoms with Crippen molar-refractivity contribution < 1.29 is 0 Å². The van der Waals surface area contributed by atoms with Crippen LogP contribution in [0.25, 0.3) is 0 Å². The van der Waals surface area contributed by atoms with E-state index in [1.165, 1.54) is 34.5 Å². The quantitative estimate of drug-likeness (QED) is 0.547. The number of hydrogen-bond donors (Lipinski definition) is 0. The third kappa shape index (κ3) is 13.4. The first-order chi connectivity index (χ1) is 6.41. The Morgan fingerprint density at radius 3 is 1.62 bits per heavy atom. The highest BCUT2D eigenvalue weighted by molar-refractivity contribution is 8.05. The van der Waals surface area contributed by atoms with Crippen molar-refractivity contribution >= 4 is 47.0 Å². The Hall–Kier alpha value is 1.40. The molecule has 0 spiro atoms. The van der Waals surface area contributed by atoms with Crippen LogP contribution in [0.15, 0.2) is 0 Å². The van der Waals surface area contributed by atoms with Crippen LogP contribution in [0.5, 0.6) is 0 Å². The molecule has 2 radical (unpaired) electrons. The average Bonchev–Trinajstić information content (AvgIpc) is 2.16. The fraction of sp³-hybridized carbons (Fsp3) is 0.778. The van der Waals surface area contributed by atoms with Crippen LogP contribution in [-0.2, 0) is 0 Å². The average molecular weight is 255 g/mol. The molecular weight excluding hydrogens is 236 g/mol. The summed E-state index contributed by atoms with van der Waals surface area (Å²) in [6.07, 6.45) is 3.74. The smallest absolute Gasteiger partial charge is 0.00238 e. The molecule has 0 aromatic carbocycles. The predicted octanol–water partition coefficient (Wildman–Crippen LogP) is 3.54. The number of thioether (sulfide) groups is 4. The zero-order valence-corrected chi connectivity index (χ0v) is 11.3. The molecule has 0 saturated heterocycles. The van der Waals surface area contributed by atoms with Crippen molar-refractivity contribution in [2.45, 2.75) is 0 Å². The predicted molar refractivity (Wildman–Crippen MR) is 75.1 cm³/mol. The first kappa shape index (κ1) is 14.4. The van der Waals surface area contributed by atoms with Gasteiger partial charge in [0.15, 0.2) is 0 Å². The van der Waals surface area contributed by atoms with Crippen molar-refractivity contribution in [1.29, 1.82) is 0 Å². The van der Waals surface area contributed by atoms with Crippen molar-refractivity contribution in [1.82, 2.24) is 0 Å². The van der Waals surface area contributed by atoms with Gasteiger partial charge in [0.25, 0.3) is 0 Å². The maximum absolute atomic E-state index is 3.79. The van der Waals surface area contributed by atoms with Crippen LogP contribution in [0.1, 0.15) is 0 Å². The Kier molecular flexibility index (Phi) is 14.8. The zero-order valence-electron chi connectivity index (χ0n) is 8.00. The van der Waals surface area contributed by atoms with Gasteiger partial charge < -0.3 is 0 Å². The molecule has 0 amide bonds. The molecule has 0 aliphatic rings. The van der Waals surface area contributed by atoms with Gasteiger partial charge in [-0.3, -0.25) is 0 Å². The molecule has 0 aromatic heterocycles. The molecule has 0 fully saturated rings. The van der Waals surface area contributed by atoms with Crippen molar-refractivity contribution in [2.24, 2.45) is 0 Å². The minimum atomic E-state index is 1.01. The van der Waals surface area contributed by atoms with Gasteiger partial charge in [0.05, 0.1) is 0 Å². The molecule has 13 heavy (non-hydrogen) atoms. The highest BCUT2D eigenvalue weighted by Crippen LogP contribution is 2.10. The van der Waals surface area contributed by atoms with E-state index in [0.29, 0.717) is 0 Å². The molecule has 4 heteroatoms. The molecule has 0 aliphatic carbocycles. The van der Waals surface area contributed by atoms with E-state index in [-0.39, 0.29) is 0 Å². The summed E-state index contributed by atoms with van der Waals surface area (Å²) in [6.45, 7) is 3.79. The SMILES string of the molecule is [CH2]CSCCSCCSCCS[CH2]. The third-order valence-corrected chi connectivity index (χ3v) is 5.28. The van der Waals surface area contributed by atoms with Gasteiger partial charge in [-0.1, -0.05) is 0 Å². The molecule has 0 nitrogen and oxygen atoms in total. The summed E-state index contributed by atoms with van der Waals surface area (Å²) in [7, 11) is 0. The van der Waals surface area contributed by atoms with Gasteiger partial charge in [0, 0.05) is 40.8 Å². The second-order valence-corrected chi connectivity index (χ2v) is 6.74. The normalized spacial score (nSPS) is 10.6. The molecule has 0 saturated carbocycles. The molecule has 0 aromatic rings. The van der Waals surface area contributed by atoms with Gasteiger partial charge in [-0.15, -0.1) is 0 Å². The molecule has 0 atom stereocenters. The zero-order chi connectivity index (χ0) is 9.78. The summed E-state index contributed by atoms with van der Waals surface area (Å²) in [5.41, 5.74) is 0. The lowest BCUT2D eigenvalue weighted by molar-refractivity contribution is 1.46. The van der Waals surface area contributed by atoms with E-state index in [9.17, 15) is 0 Å². The summed E-state index contributed by atoms with van der Waals surface area (Å²) >= 11 is 7.72. The van der Waals surface area contributed by atoms with E-state index >= 15 is 0 Å². The fourth-order valence-corrected chi connectivity index (χ4v) is 4.10. The highest BCUT2D eigenvalue weighted by Gasteiger charge is 1.91. The lowest BCUT2D eigenvalue weighted by Crippen LogP contribution is -1.91. The molecule has 0 aliphatic heterocycles. The van der Waals surface area contributed by atoms with Crippen LogP contribution in [0.3, 0.4) is 0 Å². The summed E-state index contributed by atoms with van der Waals surface area (Å²) in [5, 5.41) is 0. The highest BCUT2D eigenvalue weighted by atomic mass is 32.2. The number of rotatable bonds is 10. The van der Waals surface area contributed by atoms with E-state index < -0.39 is 0 Å². The van der Waals surface area contributed by atoms with Crippen molar-refractivity contribution in [2.75, 3.05) is 40.3 Å². The van der Waals surface area contributed by atoms with Crippen LogP contribution in [0.2, 0.25) is 0 Å². The Morgan fingerprint density at radius 1 is 0.692 bits per heavy atom.